The fourth-order valence-electron chi connectivity index (χ4n) is 5.24. The van der Waals surface area contributed by atoms with Crippen molar-refractivity contribution in [2.24, 2.45) is 12.5 Å². The van der Waals surface area contributed by atoms with E-state index in [1.165, 1.54) is 6.07 Å². The van der Waals surface area contributed by atoms with Crippen molar-refractivity contribution < 1.29 is 22.0 Å². The molecule has 212 valence electrons. The number of aryl methyl sites for hydroxylation is 1. The Bertz CT molecular complexity index is 1670. The van der Waals surface area contributed by atoms with Crippen LogP contribution < -0.4 is 9.62 Å². The van der Waals surface area contributed by atoms with Gasteiger partial charge in [-0.3, -0.25) is 9.48 Å². The minimum absolute atomic E-state index is 0.0685. The van der Waals surface area contributed by atoms with Crippen LogP contribution in [0.4, 0.5) is 14.5 Å². The molecule has 3 aliphatic rings. The first-order valence-electron chi connectivity index (χ1n) is 13.0. The number of sulfonamides is 1. The fourth-order valence-corrected chi connectivity index (χ4v) is 7.36. The molecular formula is C25H28F2N8O3S2. The summed E-state index contributed by atoms with van der Waals surface area (Å²) in [6.07, 6.45) is -0.191. The monoisotopic (exact) mass is 590 g/mol. The van der Waals surface area contributed by atoms with E-state index in [4.69, 9.17) is 0 Å². The van der Waals surface area contributed by atoms with Crippen molar-refractivity contribution in [1.82, 2.24) is 29.6 Å². The average Bonchev–Trinajstić information content (AvgIpc) is 3.76. The van der Waals surface area contributed by atoms with E-state index in [0.717, 1.165) is 12.8 Å². The standard InChI is InChI=1S/C25H28F2N8O3S2/c1-14-12-34(8-9-35(14)23(36)24(2)4-5-24)17-11-15(40(37,38)32-25(13-28)6-7-25)10-16-18(31-33(3)19(16)17)21-29-30-22(39-21)20(26)27/h10-11,14,20,32H,4-9,12H2,1-3H3/t14-/m1/s1. The highest BCUT2D eigenvalue weighted by molar-refractivity contribution is 7.89. The smallest absolute Gasteiger partial charge is 0.291 e. The van der Waals surface area contributed by atoms with Crippen LogP contribution in [0, 0.1) is 16.7 Å². The number of carbonyl (C=O) groups is 1. The number of alkyl halides is 2. The second-order valence-corrected chi connectivity index (χ2v) is 13.9. The first-order valence-corrected chi connectivity index (χ1v) is 15.3. The third kappa shape index (κ3) is 4.51. The van der Waals surface area contributed by atoms with Crippen molar-refractivity contribution in [3.8, 4) is 16.8 Å². The highest BCUT2D eigenvalue weighted by atomic mass is 32.2. The SMILES string of the molecule is C[C@@H]1CN(c2cc(S(=O)(=O)NC3(C#N)CC3)cc3c(-c4nnc(C(F)F)s4)nn(C)c23)CCN1C(=O)C1(C)CC1. The number of hydrogen-bond acceptors (Lipinski definition) is 9. The molecule has 0 bridgehead atoms. The lowest BCUT2D eigenvalue weighted by atomic mass is 10.0. The maximum atomic E-state index is 13.5. The normalized spacial score (nSPS) is 21.6. The molecule has 3 fully saturated rings. The number of piperazine rings is 1. The summed E-state index contributed by atoms with van der Waals surface area (Å²) in [6, 6.07) is 4.92. The summed E-state index contributed by atoms with van der Waals surface area (Å²) in [4.78, 5) is 16.9. The van der Waals surface area contributed by atoms with Gasteiger partial charge in [0.2, 0.25) is 15.9 Å². The van der Waals surface area contributed by atoms with Gasteiger partial charge in [-0.1, -0.05) is 18.3 Å². The van der Waals surface area contributed by atoms with Gasteiger partial charge in [-0.05, 0) is 44.7 Å². The van der Waals surface area contributed by atoms with E-state index in [9.17, 15) is 27.3 Å². The van der Waals surface area contributed by atoms with E-state index in [-0.39, 0.29) is 33.0 Å². The fraction of sp³-hybridized carbons (Fsp3) is 0.560. The zero-order valence-electron chi connectivity index (χ0n) is 22.2. The Balaban J connectivity index is 1.45. The highest BCUT2D eigenvalue weighted by Gasteiger charge is 2.49. The van der Waals surface area contributed by atoms with Crippen LogP contribution in [-0.2, 0) is 21.9 Å². The average molecular weight is 591 g/mol. The summed E-state index contributed by atoms with van der Waals surface area (Å²) in [7, 11) is -2.42. The van der Waals surface area contributed by atoms with Gasteiger partial charge in [-0.25, -0.2) is 17.2 Å². The van der Waals surface area contributed by atoms with Gasteiger partial charge in [-0.2, -0.15) is 15.1 Å². The van der Waals surface area contributed by atoms with Crippen LogP contribution in [0.3, 0.4) is 0 Å². The summed E-state index contributed by atoms with van der Waals surface area (Å²) < 4.78 is 57.7. The van der Waals surface area contributed by atoms with Crippen molar-refractivity contribution in [2.45, 2.75) is 62.4 Å². The van der Waals surface area contributed by atoms with Gasteiger partial charge in [0.15, 0.2) is 10.0 Å². The van der Waals surface area contributed by atoms with Gasteiger partial charge in [0.25, 0.3) is 6.43 Å². The molecule has 2 aromatic heterocycles. The number of nitrogens with one attached hydrogen (secondary N) is 1. The second-order valence-electron chi connectivity index (χ2n) is 11.2. The lowest BCUT2D eigenvalue weighted by Gasteiger charge is -2.42. The van der Waals surface area contributed by atoms with Crippen LogP contribution in [0.15, 0.2) is 17.0 Å². The minimum Gasteiger partial charge on any atom is -0.366 e. The number of nitriles is 1. The van der Waals surface area contributed by atoms with Gasteiger partial charge < -0.3 is 9.80 Å². The van der Waals surface area contributed by atoms with Crippen molar-refractivity contribution >= 4 is 43.9 Å². The number of anilines is 1. The van der Waals surface area contributed by atoms with Gasteiger partial charge >= 0.3 is 0 Å². The van der Waals surface area contributed by atoms with Crippen molar-refractivity contribution in [2.75, 3.05) is 24.5 Å². The highest BCUT2D eigenvalue weighted by Crippen LogP contribution is 2.47. The molecule has 11 nitrogen and oxygen atoms in total. The Kier molecular flexibility index (Phi) is 6.17. The quantitative estimate of drug-likeness (QED) is 0.443. The number of rotatable bonds is 7. The molecular weight excluding hydrogens is 562 g/mol. The predicted octanol–water partition coefficient (Wildman–Crippen LogP) is 3.20. The number of amides is 1. The van der Waals surface area contributed by atoms with Crippen LogP contribution in [0.25, 0.3) is 21.6 Å². The topological polar surface area (TPSA) is 137 Å². The minimum atomic E-state index is -4.12. The predicted molar refractivity (Wildman–Crippen MR) is 143 cm³/mol. The van der Waals surface area contributed by atoms with Crippen LogP contribution in [0.2, 0.25) is 0 Å². The summed E-state index contributed by atoms with van der Waals surface area (Å²) in [5.74, 6) is 0.144. The molecule has 2 saturated carbocycles. The first kappa shape index (κ1) is 27.0. The van der Waals surface area contributed by atoms with Gasteiger partial charge in [0.1, 0.15) is 11.2 Å². The summed E-state index contributed by atoms with van der Waals surface area (Å²) >= 11 is 0.699. The molecule has 0 radical (unpaired) electrons. The van der Waals surface area contributed by atoms with Crippen LogP contribution in [0.5, 0.6) is 0 Å². The Morgan fingerprint density at radius 3 is 2.52 bits per heavy atom. The van der Waals surface area contributed by atoms with Gasteiger partial charge in [-0.15, -0.1) is 10.2 Å². The Morgan fingerprint density at radius 2 is 1.95 bits per heavy atom. The van der Waals surface area contributed by atoms with Crippen molar-refractivity contribution in [3.63, 3.8) is 0 Å². The maximum absolute atomic E-state index is 13.5. The second kappa shape index (κ2) is 9.15. The number of carbonyl (C=O) groups excluding carboxylic acids is 1. The van der Waals surface area contributed by atoms with Crippen LogP contribution in [0.1, 0.15) is 51.0 Å². The molecule has 1 amide bonds. The van der Waals surface area contributed by atoms with Crippen molar-refractivity contribution in [1.29, 1.82) is 5.26 Å². The molecule has 1 atom stereocenters. The molecule has 6 rings (SSSR count). The first-order chi connectivity index (χ1) is 18.9. The molecule has 0 spiro atoms. The number of hydrogen-bond donors (Lipinski definition) is 1. The molecule has 15 heteroatoms. The lowest BCUT2D eigenvalue weighted by Crippen LogP contribution is -2.55. The van der Waals surface area contributed by atoms with E-state index >= 15 is 0 Å². The summed E-state index contributed by atoms with van der Waals surface area (Å²) in [5, 5.41) is 21.6. The van der Waals surface area contributed by atoms with Gasteiger partial charge in [0, 0.05) is 43.5 Å². The number of halogens is 2. The van der Waals surface area contributed by atoms with Crippen molar-refractivity contribution in [3.05, 3.63) is 17.1 Å². The molecule has 1 aliphatic heterocycles. The molecule has 0 unspecified atom stereocenters. The molecule has 3 aromatic rings. The van der Waals surface area contributed by atoms with E-state index in [2.05, 4.69) is 20.0 Å². The Labute approximate surface area is 233 Å². The molecule has 40 heavy (non-hydrogen) atoms. The third-order valence-electron chi connectivity index (χ3n) is 8.07. The third-order valence-corrected chi connectivity index (χ3v) is 10.5. The van der Waals surface area contributed by atoms with E-state index < -0.39 is 27.0 Å². The number of benzene rings is 1. The Morgan fingerprint density at radius 1 is 1.23 bits per heavy atom. The molecule has 3 heterocycles. The van der Waals surface area contributed by atoms with E-state index in [1.807, 2.05) is 29.7 Å². The van der Waals surface area contributed by atoms with Crippen LogP contribution >= 0.6 is 11.3 Å². The number of aromatic nitrogens is 4. The van der Waals surface area contributed by atoms with Crippen LogP contribution in [-0.4, -0.2) is 70.4 Å². The molecule has 2 aliphatic carbocycles. The summed E-state index contributed by atoms with van der Waals surface area (Å²) in [6.45, 7) is 5.36. The van der Waals surface area contributed by atoms with E-state index in [0.29, 0.717) is 60.4 Å². The molecule has 1 N–H and O–H groups in total. The number of fused-ring (bicyclic) bond motifs is 1. The zero-order valence-corrected chi connectivity index (χ0v) is 23.8. The largest absolute Gasteiger partial charge is 0.366 e. The van der Waals surface area contributed by atoms with E-state index in [1.54, 1.807) is 17.8 Å². The Hall–Kier alpha value is -3.22. The van der Waals surface area contributed by atoms with Gasteiger partial charge in [0.05, 0.1) is 22.2 Å². The number of nitrogens with zero attached hydrogens (tertiary/aromatic N) is 7. The zero-order chi connectivity index (χ0) is 28.6. The maximum Gasteiger partial charge on any atom is 0.291 e. The molecule has 1 saturated heterocycles. The summed E-state index contributed by atoms with van der Waals surface area (Å²) in [5.41, 5.74) is 0.00127. The lowest BCUT2D eigenvalue weighted by molar-refractivity contribution is -0.138. The molecule has 1 aromatic carbocycles.